The Morgan fingerprint density at radius 2 is 1.93 bits per heavy atom. The molecule has 1 aromatic carbocycles. The van der Waals surface area contributed by atoms with Crippen molar-refractivity contribution in [1.29, 1.82) is 0 Å². The fourth-order valence-electron chi connectivity index (χ4n) is 2.78. The quantitative estimate of drug-likeness (QED) is 0.692. The number of fused-ring (bicyclic) bond motifs is 1. The number of rotatable bonds is 8. The standard InChI is InChI=1S/C19H25N3O4S/c1-12(2)22-18(24)14-8-6-5-7-13(14)16(21-22)11-17(23)20-15(9-10-27-4)19(25)26-3/h5-8,12,15H,9-11H2,1-4H3,(H,20,23)/t15-/m0/s1. The summed E-state index contributed by atoms with van der Waals surface area (Å²) in [6, 6.07) is 6.28. The number of amides is 1. The molecule has 2 rings (SSSR count). The first-order chi connectivity index (χ1) is 12.9. The highest BCUT2D eigenvalue weighted by atomic mass is 32.2. The van der Waals surface area contributed by atoms with Crippen molar-refractivity contribution in [2.75, 3.05) is 19.1 Å². The Kier molecular flexibility index (Phi) is 7.41. The topological polar surface area (TPSA) is 90.3 Å². The molecule has 0 unspecified atom stereocenters. The molecule has 2 aromatic rings. The molecule has 0 aliphatic rings. The van der Waals surface area contributed by atoms with Crippen molar-refractivity contribution in [3.63, 3.8) is 0 Å². The number of ether oxygens (including phenoxy) is 1. The summed E-state index contributed by atoms with van der Waals surface area (Å²) in [4.78, 5) is 37.0. The van der Waals surface area contributed by atoms with Crippen molar-refractivity contribution in [1.82, 2.24) is 15.1 Å². The molecule has 0 aliphatic heterocycles. The van der Waals surface area contributed by atoms with Crippen molar-refractivity contribution in [2.24, 2.45) is 0 Å². The second-order valence-corrected chi connectivity index (χ2v) is 7.42. The van der Waals surface area contributed by atoms with Crippen LogP contribution in [0.2, 0.25) is 0 Å². The molecule has 1 heterocycles. The summed E-state index contributed by atoms with van der Waals surface area (Å²) < 4.78 is 6.16. The number of carbonyl (C=O) groups is 2. The Labute approximate surface area is 162 Å². The summed E-state index contributed by atoms with van der Waals surface area (Å²) in [6.07, 6.45) is 2.39. The van der Waals surface area contributed by atoms with Crippen LogP contribution in [0.3, 0.4) is 0 Å². The van der Waals surface area contributed by atoms with E-state index in [1.54, 1.807) is 36.0 Å². The number of hydrogen-bond acceptors (Lipinski definition) is 6. The molecule has 1 N–H and O–H groups in total. The van der Waals surface area contributed by atoms with E-state index in [0.717, 1.165) is 5.75 Å². The van der Waals surface area contributed by atoms with E-state index in [-0.39, 0.29) is 23.9 Å². The Balaban J connectivity index is 2.31. The maximum absolute atomic E-state index is 12.6. The summed E-state index contributed by atoms with van der Waals surface area (Å²) in [5, 5.41) is 8.29. The molecular weight excluding hydrogens is 366 g/mol. The summed E-state index contributed by atoms with van der Waals surface area (Å²) in [5.41, 5.74) is 0.321. The zero-order chi connectivity index (χ0) is 20.0. The van der Waals surface area contributed by atoms with Gasteiger partial charge in [0.05, 0.1) is 30.7 Å². The minimum Gasteiger partial charge on any atom is -0.467 e. The summed E-state index contributed by atoms with van der Waals surface area (Å²) in [5.74, 6) is -0.0834. The van der Waals surface area contributed by atoms with Crippen molar-refractivity contribution >= 4 is 34.4 Å². The van der Waals surface area contributed by atoms with Gasteiger partial charge in [0.1, 0.15) is 6.04 Å². The minimum atomic E-state index is -0.697. The normalized spacial score (nSPS) is 12.2. The number of thioether (sulfide) groups is 1. The molecule has 0 aliphatic carbocycles. The lowest BCUT2D eigenvalue weighted by molar-refractivity contribution is -0.145. The zero-order valence-electron chi connectivity index (χ0n) is 16.0. The van der Waals surface area contributed by atoms with Gasteiger partial charge in [-0.25, -0.2) is 9.48 Å². The lowest BCUT2D eigenvalue weighted by Crippen LogP contribution is -2.43. The number of methoxy groups -OCH3 is 1. The molecule has 0 saturated heterocycles. The van der Waals surface area contributed by atoms with Gasteiger partial charge in [0, 0.05) is 5.39 Å². The molecule has 7 nitrogen and oxygen atoms in total. The van der Waals surface area contributed by atoms with Crippen LogP contribution in [0.4, 0.5) is 0 Å². The van der Waals surface area contributed by atoms with E-state index in [9.17, 15) is 14.4 Å². The molecule has 1 amide bonds. The molecule has 146 valence electrons. The first-order valence-electron chi connectivity index (χ1n) is 8.75. The zero-order valence-corrected chi connectivity index (χ0v) is 16.8. The van der Waals surface area contributed by atoms with Gasteiger partial charge < -0.3 is 10.1 Å². The predicted molar refractivity (Wildman–Crippen MR) is 107 cm³/mol. The molecule has 27 heavy (non-hydrogen) atoms. The number of benzene rings is 1. The second-order valence-electron chi connectivity index (χ2n) is 6.44. The van der Waals surface area contributed by atoms with E-state index in [2.05, 4.69) is 10.4 Å². The highest BCUT2D eigenvalue weighted by molar-refractivity contribution is 7.98. The third-order valence-electron chi connectivity index (χ3n) is 4.15. The molecule has 1 atom stereocenters. The van der Waals surface area contributed by atoms with E-state index >= 15 is 0 Å². The minimum absolute atomic E-state index is 0.0275. The van der Waals surface area contributed by atoms with Gasteiger partial charge in [-0.2, -0.15) is 16.9 Å². The smallest absolute Gasteiger partial charge is 0.328 e. The summed E-state index contributed by atoms with van der Waals surface area (Å²) >= 11 is 1.59. The summed E-state index contributed by atoms with van der Waals surface area (Å²) in [7, 11) is 1.30. The third kappa shape index (κ3) is 5.09. The number of carbonyl (C=O) groups excluding carboxylic acids is 2. The van der Waals surface area contributed by atoms with Crippen LogP contribution in [0.5, 0.6) is 0 Å². The highest BCUT2D eigenvalue weighted by Gasteiger charge is 2.22. The van der Waals surface area contributed by atoms with Gasteiger partial charge in [-0.1, -0.05) is 18.2 Å². The monoisotopic (exact) mass is 391 g/mol. The van der Waals surface area contributed by atoms with Crippen LogP contribution >= 0.6 is 11.8 Å². The Hall–Kier alpha value is -2.35. The number of aromatic nitrogens is 2. The number of nitrogens with one attached hydrogen (secondary N) is 1. The van der Waals surface area contributed by atoms with E-state index in [1.165, 1.54) is 11.8 Å². The lowest BCUT2D eigenvalue weighted by atomic mass is 10.1. The molecule has 0 bridgehead atoms. The van der Waals surface area contributed by atoms with Gasteiger partial charge >= 0.3 is 5.97 Å². The molecule has 0 radical (unpaired) electrons. The number of esters is 1. The van der Waals surface area contributed by atoms with Crippen molar-refractivity contribution in [2.45, 2.75) is 38.8 Å². The molecule has 0 spiro atoms. The first-order valence-corrected chi connectivity index (χ1v) is 10.1. The highest BCUT2D eigenvalue weighted by Crippen LogP contribution is 2.15. The Morgan fingerprint density at radius 1 is 1.26 bits per heavy atom. The maximum atomic E-state index is 12.6. The van der Waals surface area contributed by atoms with Gasteiger partial charge in [0.2, 0.25) is 5.91 Å². The van der Waals surface area contributed by atoms with E-state index in [1.807, 2.05) is 20.1 Å². The maximum Gasteiger partial charge on any atom is 0.328 e. The lowest BCUT2D eigenvalue weighted by Gasteiger charge is -2.17. The number of nitrogens with zero attached hydrogens (tertiary/aromatic N) is 2. The van der Waals surface area contributed by atoms with Crippen LogP contribution in [-0.2, 0) is 20.7 Å². The van der Waals surface area contributed by atoms with Gasteiger partial charge in [-0.3, -0.25) is 9.59 Å². The van der Waals surface area contributed by atoms with Crippen LogP contribution in [0.15, 0.2) is 29.1 Å². The van der Waals surface area contributed by atoms with Crippen LogP contribution in [-0.4, -0.2) is 46.8 Å². The third-order valence-corrected chi connectivity index (χ3v) is 4.80. The van der Waals surface area contributed by atoms with Gasteiger partial charge in [0.15, 0.2) is 0 Å². The van der Waals surface area contributed by atoms with Crippen molar-refractivity contribution < 1.29 is 14.3 Å². The van der Waals surface area contributed by atoms with E-state index in [0.29, 0.717) is 22.9 Å². The molecular formula is C19H25N3O4S. The van der Waals surface area contributed by atoms with Gasteiger partial charge in [-0.15, -0.1) is 0 Å². The SMILES string of the molecule is COC(=O)[C@H](CCSC)NC(=O)Cc1nn(C(C)C)c(=O)c2ccccc12. The van der Waals surface area contributed by atoms with E-state index < -0.39 is 12.0 Å². The molecule has 1 aromatic heterocycles. The average Bonchev–Trinajstić information content (AvgIpc) is 2.66. The molecule has 0 saturated carbocycles. The van der Waals surface area contributed by atoms with E-state index in [4.69, 9.17) is 4.74 Å². The van der Waals surface area contributed by atoms with Crippen LogP contribution < -0.4 is 10.9 Å². The number of hydrogen-bond donors (Lipinski definition) is 1. The van der Waals surface area contributed by atoms with Crippen LogP contribution in [0.25, 0.3) is 10.8 Å². The largest absolute Gasteiger partial charge is 0.467 e. The van der Waals surface area contributed by atoms with Crippen molar-refractivity contribution in [3.8, 4) is 0 Å². The average molecular weight is 391 g/mol. The molecule has 0 fully saturated rings. The van der Waals surface area contributed by atoms with Crippen LogP contribution in [0.1, 0.15) is 32.0 Å². The van der Waals surface area contributed by atoms with Crippen LogP contribution in [0, 0.1) is 0 Å². The van der Waals surface area contributed by atoms with Crippen molar-refractivity contribution in [3.05, 3.63) is 40.3 Å². The van der Waals surface area contributed by atoms with Gasteiger partial charge in [-0.05, 0) is 38.3 Å². The predicted octanol–water partition coefficient (Wildman–Crippen LogP) is 1.93. The van der Waals surface area contributed by atoms with Gasteiger partial charge in [0.25, 0.3) is 5.56 Å². The second kappa shape index (κ2) is 9.55. The fourth-order valence-corrected chi connectivity index (χ4v) is 3.25. The Bertz CT molecular complexity index is 879. The first kappa shape index (κ1) is 21.0. The summed E-state index contributed by atoms with van der Waals surface area (Å²) in [6.45, 7) is 3.73. The molecule has 8 heteroatoms. The Morgan fingerprint density at radius 3 is 2.52 bits per heavy atom. The fraction of sp³-hybridized carbons (Fsp3) is 0.474.